The van der Waals surface area contributed by atoms with Gasteiger partial charge in [0.2, 0.25) is 0 Å². The first-order valence-corrected chi connectivity index (χ1v) is 8.93. The monoisotopic (exact) mass is 342 g/mol. The molecule has 0 aromatic heterocycles. The number of rotatable bonds is 6. The molecule has 0 aliphatic carbocycles. The van der Waals surface area contributed by atoms with Crippen molar-refractivity contribution in [3.8, 4) is 0 Å². The Labute approximate surface area is 151 Å². The molecule has 4 heteroatoms. The van der Waals surface area contributed by atoms with Gasteiger partial charge in [-0.05, 0) is 43.0 Å². The van der Waals surface area contributed by atoms with Crippen LogP contribution < -0.4 is 10.6 Å². The summed E-state index contributed by atoms with van der Waals surface area (Å²) in [4.78, 5) is 12.0. The predicted molar refractivity (Wildman–Crippen MR) is 104 cm³/mol. The van der Waals surface area contributed by atoms with Crippen LogP contribution in [-0.2, 0) is 11.3 Å². The Hall–Kier alpha value is -2.07. The van der Waals surface area contributed by atoms with Gasteiger partial charge >= 0.3 is 6.09 Å². The van der Waals surface area contributed by atoms with Crippen molar-refractivity contribution < 1.29 is 9.53 Å². The maximum absolute atomic E-state index is 12.0. The minimum absolute atomic E-state index is 0.0184. The van der Waals surface area contributed by atoms with Crippen molar-refractivity contribution in [3.05, 3.63) is 48.0 Å². The highest BCUT2D eigenvalue weighted by Gasteiger charge is 2.21. The molecule has 0 heterocycles. The van der Waals surface area contributed by atoms with E-state index in [9.17, 15) is 4.79 Å². The van der Waals surface area contributed by atoms with Crippen LogP contribution in [0.1, 0.15) is 40.2 Å². The topological polar surface area (TPSA) is 50.4 Å². The molecule has 0 saturated heterocycles. The molecule has 1 atom stereocenters. The zero-order valence-electron chi connectivity index (χ0n) is 15.9. The molecule has 136 valence electrons. The predicted octanol–water partition coefficient (Wildman–Crippen LogP) is 4.48. The molecule has 0 saturated carbocycles. The first-order chi connectivity index (χ1) is 11.8. The summed E-state index contributed by atoms with van der Waals surface area (Å²) in [6.45, 7) is 11.3. The second-order valence-electron chi connectivity index (χ2n) is 7.77. The third-order valence-corrected chi connectivity index (χ3v) is 4.07. The van der Waals surface area contributed by atoms with Gasteiger partial charge in [-0.3, -0.25) is 0 Å². The minimum atomic E-state index is -0.484. The van der Waals surface area contributed by atoms with E-state index in [2.05, 4.69) is 66.9 Å². The van der Waals surface area contributed by atoms with E-state index in [0.29, 0.717) is 12.5 Å². The van der Waals surface area contributed by atoms with E-state index in [1.54, 1.807) is 0 Å². The molecule has 0 spiro atoms. The van der Waals surface area contributed by atoms with Crippen LogP contribution in [0, 0.1) is 5.92 Å². The molecular weight excluding hydrogens is 312 g/mol. The van der Waals surface area contributed by atoms with Crippen LogP contribution in [0.2, 0.25) is 0 Å². The molecule has 2 N–H and O–H groups in total. The van der Waals surface area contributed by atoms with E-state index >= 15 is 0 Å². The normalized spacial score (nSPS) is 13.0. The van der Waals surface area contributed by atoms with E-state index in [1.165, 1.54) is 16.3 Å². The summed E-state index contributed by atoms with van der Waals surface area (Å²) >= 11 is 0. The Morgan fingerprint density at radius 1 is 1.08 bits per heavy atom. The lowest BCUT2D eigenvalue weighted by Gasteiger charge is -2.26. The molecule has 0 aliphatic heterocycles. The van der Waals surface area contributed by atoms with Crippen LogP contribution in [0.25, 0.3) is 10.8 Å². The van der Waals surface area contributed by atoms with E-state index in [-0.39, 0.29) is 12.1 Å². The Kier molecular flexibility index (Phi) is 6.43. The van der Waals surface area contributed by atoms with Crippen LogP contribution in [0.15, 0.2) is 42.5 Å². The molecule has 2 rings (SSSR count). The third kappa shape index (κ3) is 6.05. The molecule has 0 fully saturated rings. The lowest BCUT2D eigenvalue weighted by molar-refractivity contribution is 0.0490. The lowest BCUT2D eigenvalue weighted by atomic mass is 10.0. The number of alkyl carbamates (subject to hydrolysis) is 1. The van der Waals surface area contributed by atoms with E-state index in [1.807, 2.05) is 20.8 Å². The standard InChI is InChI=1S/C21H30N2O2/c1-15(2)19(23-20(24)25-21(3,4)5)14-22-13-17-11-8-10-16-9-6-7-12-18(16)17/h6-12,15,19,22H,13-14H2,1-5H3,(H,23,24)/t19-/m1/s1. The zero-order chi connectivity index (χ0) is 18.4. The lowest BCUT2D eigenvalue weighted by Crippen LogP contribution is -2.46. The highest BCUT2D eigenvalue weighted by atomic mass is 16.6. The third-order valence-electron chi connectivity index (χ3n) is 4.07. The van der Waals surface area contributed by atoms with Crippen LogP contribution in [0.4, 0.5) is 4.79 Å². The highest BCUT2D eigenvalue weighted by Crippen LogP contribution is 2.18. The number of ether oxygens (including phenoxy) is 1. The first kappa shape index (κ1) is 19.3. The summed E-state index contributed by atoms with van der Waals surface area (Å²) in [5.41, 5.74) is 0.778. The van der Waals surface area contributed by atoms with Gasteiger partial charge in [-0.1, -0.05) is 56.3 Å². The fourth-order valence-corrected chi connectivity index (χ4v) is 2.72. The summed E-state index contributed by atoms with van der Waals surface area (Å²) in [7, 11) is 0. The van der Waals surface area contributed by atoms with Gasteiger partial charge in [-0.25, -0.2) is 4.79 Å². The summed E-state index contributed by atoms with van der Waals surface area (Å²) in [6.07, 6.45) is -0.363. The van der Waals surface area contributed by atoms with Gasteiger partial charge in [0.05, 0.1) is 0 Å². The maximum Gasteiger partial charge on any atom is 0.407 e. The van der Waals surface area contributed by atoms with E-state index in [4.69, 9.17) is 4.74 Å². The molecule has 0 aliphatic rings. The number of benzene rings is 2. The first-order valence-electron chi connectivity index (χ1n) is 8.93. The number of hydrogen-bond acceptors (Lipinski definition) is 3. The van der Waals surface area contributed by atoms with Crippen LogP contribution in [0.3, 0.4) is 0 Å². The number of amides is 1. The molecular formula is C21H30N2O2. The molecule has 0 unspecified atom stereocenters. The molecule has 2 aromatic carbocycles. The number of fused-ring (bicyclic) bond motifs is 1. The second kappa shape index (κ2) is 8.34. The van der Waals surface area contributed by atoms with E-state index < -0.39 is 5.60 Å². The Morgan fingerprint density at radius 2 is 1.76 bits per heavy atom. The van der Waals surface area contributed by atoms with Crippen molar-refractivity contribution in [2.24, 2.45) is 5.92 Å². The molecule has 0 bridgehead atoms. The summed E-state index contributed by atoms with van der Waals surface area (Å²) in [5, 5.41) is 8.95. The maximum atomic E-state index is 12.0. The van der Waals surface area contributed by atoms with Crippen molar-refractivity contribution in [3.63, 3.8) is 0 Å². The fourth-order valence-electron chi connectivity index (χ4n) is 2.72. The Morgan fingerprint density at radius 3 is 2.44 bits per heavy atom. The van der Waals surface area contributed by atoms with Gasteiger partial charge in [0.1, 0.15) is 5.60 Å². The summed E-state index contributed by atoms with van der Waals surface area (Å²) in [5.74, 6) is 0.313. The minimum Gasteiger partial charge on any atom is -0.444 e. The SMILES string of the molecule is CC(C)[C@@H](CNCc1cccc2ccccc12)NC(=O)OC(C)(C)C. The molecule has 25 heavy (non-hydrogen) atoms. The van der Waals surface area contributed by atoms with Gasteiger partial charge in [-0.15, -0.1) is 0 Å². The van der Waals surface area contributed by atoms with Gasteiger partial charge in [-0.2, -0.15) is 0 Å². The van der Waals surface area contributed by atoms with Crippen molar-refractivity contribution in [2.75, 3.05) is 6.54 Å². The highest BCUT2D eigenvalue weighted by molar-refractivity contribution is 5.85. The van der Waals surface area contributed by atoms with E-state index in [0.717, 1.165) is 6.54 Å². The molecule has 1 amide bonds. The second-order valence-corrected chi connectivity index (χ2v) is 7.77. The average molecular weight is 342 g/mol. The van der Waals surface area contributed by atoms with Crippen LogP contribution >= 0.6 is 0 Å². The number of nitrogens with one attached hydrogen (secondary N) is 2. The van der Waals surface area contributed by atoms with Gasteiger partial charge in [0, 0.05) is 19.1 Å². The van der Waals surface area contributed by atoms with Gasteiger partial charge in [0.25, 0.3) is 0 Å². The number of hydrogen-bond donors (Lipinski definition) is 2. The largest absolute Gasteiger partial charge is 0.444 e. The smallest absolute Gasteiger partial charge is 0.407 e. The van der Waals surface area contributed by atoms with Crippen LogP contribution in [0.5, 0.6) is 0 Å². The average Bonchev–Trinajstić information content (AvgIpc) is 2.52. The van der Waals surface area contributed by atoms with Crippen molar-refractivity contribution in [1.82, 2.24) is 10.6 Å². The number of carbonyl (C=O) groups is 1. The van der Waals surface area contributed by atoms with Gasteiger partial charge in [0.15, 0.2) is 0 Å². The molecule has 2 aromatic rings. The van der Waals surface area contributed by atoms with Gasteiger partial charge < -0.3 is 15.4 Å². The zero-order valence-corrected chi connectivity index (χ0v) is 15.9. The van der Waals surface area contributed by atoms with Crippen molar-refractivity contribution in [2.45, 2.75) is 52.8 Å². The molecule has 4 nitrogen and oxygen atoms in total. The quantitative estimate of drug-likeness (QED) is 0.814. The summed E-state index contributed by atoms with van der Waals surface area (Å²) < 4.78 is 5.36. The Balaban J connectivity index is 1.94. The fraction of sp³-hybridized carbons (Fsp3) is 0.476. The Bertz CT molecular complexity index is 699. The van der Waals surface area contributed by atoms with Crippen molar-refractivity contribution in [1.29, 1.82) is 0 Å². The summed E-state index contributed by atoms with van der Waals surface area (Å²) in [6, 6.07) is 14.8. The van der Waals surface area contributed by atoms with Crippen LogP contribution in [-0.4, -0.2) is 24.3 Å². The molecule has 0 radical (unpaired) electrons. The van der Waals surface area contributed by atoms with Crippen molar-refractivity contribution >= 4 is 16.9 Å². The number of carbonyl (C=O) groups excluding carboxylic acids is 1.